The zero-order chi connectivity index (χ0) is 13.7. The van der Waals surface area contributed by atoms with Gasteiger partial charge in [-0.3, -0.25) is 9.69 Å². The topological polar surface area (TPSA) is 44.4 Å². The monoisotopic (exact) mass is 261 g/mol. The van der Waals surface area contributed by atoms with Gasteiger partial charge in [0.15, 0.2) is 0 Å². The number of carbonyl (C=O) groups is 1. The van der Waals surface area contributed by atoms with Crippen LogP contribution in [0.3, 0.4) is 0 Å². The summed E-state index contributed by atoms with van der Waals surface area (Å²) in [5.41, 5.74) is 1.15. The maximum Gasteiger partial charge on any atom is 0.238 e. The second kappa shape index (κ2) is 6.17. The van der Waals surface area contributed by atoms with Gasteiger partial charge in [0, 0.05) is 18.8 Å². The van der Waals surface area contributed by atoms with Gasteiger partial charge in [0.05, 0.1) is 6.54 Å². The summed E-state index contributed by atoms with van der Waals surface area (Å²) >= 11 is 0. The number of hydrogen-bond acceptors (Lipinski definition) is 3. The van der Waals surface area contributed by atoms with Crippen molar-refractivity contribution in [1.29, 1.82) is 0 Å². The van der Waals surface area contributed by atoms with E-state index in [1.54, 1.807) is 0 Å². The molecule has 1 fully saturated rings. The molecule has 4 nitrogen and oxygen atoms in total. The van der Waals surface area contributed by atoms with Crippen LogP contribution in [-0.4, -0.2) is 44.0 Å². The Balaban J connectivity index is 1.78. The Labute approximate surface area is 115 Å². The van der Waals surface area contributed by atoms with Crippen LogP contribution < -0.4 is 10.6 Å². The van der Waals surface area contributed by atoms with Crippen molar-refractivity contribution >= 4 is 11.6 Å². The van der Waals surface area contributed by atoms with E-state index in [1.807, 2.05) is 37.4 Å². The summed E-state index contributed by atoms with van der Waals surface area (Å²) in [6.45, 7) is 5.78. The van der Waals surface area contributed by atoms with Gasteiger partial charge in [0.1, 0.15) is 0 Å². The summed E-state index contributed by atoms with van der Waals surface area (Å²) in [6.07, 6.45) is 1.18. The van der Waals surface area contributed by atoms with Crippen molar-refractivity contribution in [2.45, 2.75) is 13.3 Å². The van der Waals surface area contributed by atoms with E-state index in [0.29, 0.717) is 12.0 Å². The lowest BCUT2D eigenvalue weighted by Crippen LogP contribution is -2.39. The number of nitrogens with zero attached hydrogens (tertiary/aromatic N) is 1. The largest absolute Gasteiger partial charge is 0.325 e. The Bertz CT molecular complexity index is 413. The quantitative estimate of drug-likeness (QED) is 0.845. The first kappa shape index (κ1) is 14.0. The number of rotatable bonds is 5. The molecule has 1 unspecified atom stereocenters. The molecular weight excluding hydrogens is 238 g/mol. The summed E-state index contributed by atoms with van der Waals surface area (Å²) in [4.78, 5) is 14.0. The lowest BCUT2D eigenvalue weighted by atomic mass is 9.89. The molecule has 0 bridgehead atoms. The molecule has 1 amide bonds. The van der Waals surface area contributed by atoms with Gasteiger partial charge in [-0.2, -0.15) is 0 Å². The van der Waals surface area contributed by atoms with Crippen molar-refractivity contribution in [2.75, 3.05) is 38.5 Å². The fourth-order valence-corrected chi connectivity index (χ4v) is 2.68. The highest BCUT2D eigenvalue weighted by atomic mass is 16.2. The Morgan fingerprint density at radius 1 is 1.42 bits per heavy atom. The second-order valence-electron chi connectivity index (χ2n) is 5.82. The minimum absolute atomic E-state index is 0.0447. The maximum absolute atomic E-state index is 11.9. The summed E-state index contributed by atoms with van der Waals surface area (Å²) < 4.78 is 0. The van der Waals surface area contributed by atoms with Gasteiger partial charge in [-0.05, 0) is 37.6 Å². The van der Waals surface area contributed by atoms with Gasteiger partial charge in [0.25, 0.3) is 0 Å². The van der Waals surface area contributed by atoms with Crippen LogP contribution in [0.5, 0.6) is 0 Å². The molecule has 2 rings (SSSR count). The summed E-state index contributed by atoms with van der Waals surface area (Å²) in [5.74, 6) is 0.0447. The fourth-order valence-electron chi connectivity index (χ4n) is 2.68. The first-order chi connectivity index (χ1) is 9.07. The van der Waals surface area contributed by atoms with Crippen molar-refractivity contribution in [3.8, 4) is 0 Å². The van der Waals surface area contributed by atoms with E-state index in [4.69, 9.17) is 0 Å². The third-order valence-electron chi connectivity index (χ3n) is 3.58. The highest BCUT2D eigenvalue weighted by molar-refractivity contribution is 5.92. The normalized spacial score (nSPS) is 22.7. The molecule has 1 atom stereocenters. The molecule has 0 radical (unpaired) electrons. The van der Waals surface area contributed by atoms with Crippen molar-refractivity contribution in [3.63, 3.8) is 0 Å². The van der Waals surface area contributed by atoms with E-state index in [2.05, 4.69) is 22.5 Å². The van der Waals surface area contributed by atoms with Gasteiger partial charge < -0.3 is 10.6 Å². The van der Waals surface area contributed by atoms with Crippen molar-refractivity contribution in [2.24, 2.45) is 5.41 Å². The molecule has 0 aromatic heterocycles. The zero-order valence-corrected chi connectivity index (χ0v) is 11.8. The minimum atomic E-state index is 0.0447. The van der Waals surface area contributed by atoms with E-state index in [9.17, 15) is 4.79 Å². The standard InChI is InChI=1S/C15H23N3O/c1-15(8-9-16-11-15)12-18(2)10-14(19)17-13-6-4-3-5-7-13/h3-7,16H,8-12H2,1-2H3,(H,17,19). The average Bonchev–Trinajstić information content (AvgIpc) is 2.76. The molecule has 0 saturated carbocycles. The molecule has 104 valence electrons. The molecule has 1 aliphatic heterocycles. The third-order valence-corrected chi connectivity index (χ3v) is 3.58. The van der Waals surface area contributed by atoms with Gasteiger partial charge in [0.2, 0.25) is 5.91 Å². The summed E-state index contributed by atoms with van der Waals surface area (Å²) in [7, 11) is 2.01. The van der Waals surface area contributed by atoms with Crippen molar-refractivity contribution in [1.82, 2.24) is 10.2 Å². The number of para-hydroxylation sites is 1. The van der Waals surface area contributed by atoms with E-state index in [0.717, 1.165) is 25.3 Å². The van der Waals surface area contributed by atoms with E-state index in [-0.39, 0.29) is 5.91 Å². The predicted molar refractivity (Wildman–Crippen MR) is 78.2 cm³/mol. The fraction of sp³-hybridized carbons (Fsp3) is 0.533. The van der Waals surface area contributed by atoms with Crippen LogP contribution in [0.2, 0.25) is 0 Å². The van der Waals surface area contributed by atoms with Crippen LogP contribution in [0.15, 0.2) is 30.3 Å². The first-order valence-corrected chi connectivity index (χ1v) is 6.82. The average molecular weight is 261 g/mol. The SMILES string of the molecule is CN(CC(=O)Nc1ccccc1)CC1(C)CCNC1. The molecule has 2 N–H and O–H groups in total. The van der Waals surface area contributed by atoms with Crippen LogP contribution >= 0.6 is 0 Å². The van der Waals surface area contributed by atoms with Crippen LogP contribution in [0, 0.1) is 5.41 Å². The van der Waals surface area contributed by atoms with E-state index < -0.39 is 0 Å². The first-order valence-electron chi connectivity index (χ1n) is 6.82. The molecule has 4 heteroatoms. The number of likely N-dealkylation sites (N-methyl/N-ethyl adjacent to an activating group) is 1. The highest BCUT2D eigenvalue weighted by Gasteiger charge is 2.29. The number of nitrogens with one attached hydrogen (secondary N) is 2. The van der Waals surface area contributed by atoms with Crippen LogP contribution in [0.25, 0.3) is 0 Å². The van der Waals surface area contributed by atoms with Crippen LogP contribution in [0.4, 0.5) is 5.69 Å². The van der Waals surface area contributed by atoms with E-state index in [1.165, 1.54) is 6.42 Å². The number of hydrogen-bond donors (Lipinski definition) is 2. The van der Waals surface area contributed by atoms with E-state index >= 15 is 0 Å². The molecule has 1 saturated heterocycles. The summed E-state index contributed by atoms with van der Waals surface area (Å²) in [6, 6.07) is 9.59. The Hall–Kier alpha value is -1.39. The molecule has 1 aliphatic rings. The van der Waals surface area contributed by atoms with Crippen molar-refractivity contribution < 1.29 is 4.79 Å². The second-order valence-corrected chi connectivity index (χ2v) is 5.82. The van der Waals surface area contributed by atoms with Gasteiger partial charge in [-0.15, -0.1) is 0 Å². The van der Waals surface area contributed by atoms with Crippen molar-refractivity contribution in [3.05, 3.63) is 30.3 Å². The molecule has 1 aromatic carbocycles. The van der Waals surface area contributed by atoms with Crippen LogP contribution in [0.1, 0.15) is 13.3 Å². The molecular formula is C15H23N3O. The number of amides is 1. The third kappa shape index (κ3) is 4.33. The zero-order valence-electron chi connectivity index (χ0n) is 11.8. The van der Waals surface area contributed by atoms with Gasteiger partial charge >= 0.3 is 0 Å². The van der Waals surface area contributed by atoms with Gasteiger partial charge in [-0.1, -0.05) is 25.1 Å². The lowest BCUT2D eigenvalue weighted by Gasteiger charge is -2.28. The lowest BCUT2D eigenvalue weighted by molar-refractivity contribution is -0.117. The van der Waals surface area contributed by atoms with Gasteiger partial charge in [-0.25, -0.2) is 0 Å². The van der Waals surface area contributed by atoms with Crippen LogP contribution in [-0.2, 0) is 4.79 Å². The predicted octanol–water partition coefficient (Wildman–Crippen LogP) is 1.56. The number of carbonyl (C=O) groups excluding carboxylic acids is 1. The number of benzene rings is 1. The Morgan fingerprint density at radius 3 is 2.79 bits per heavy atom. The number of anilines is 1. The molecule has 0 spiro atoms. The molecule has 0 aliphatic carbocycles. The highest BCUT2D eigenvalue weighted by Crippen LogP contribution is 2.25. The Morgan fingerprint density at radius 2 is 2.16 bits per heavy atom. The minimum Gasteiger partial charge on any atom is -0.325 e. The summed E-state index contributed by atoms with van der Waals surface area (Å²) in [5, 5.41) is 6.30. The maximum atomic E-state index is 11.9. The molecule has 1 heterocycles. The molecule has 1 aromatic rings. The smallest absolute Gasteiger partial charge is 0.238 e. The molecule has 19 heavy (non-hydrogen) atoms. The Kier molecular flexibility index (Phi) is 4.56.